The molecule has 0 fully saturated rings. The number of ether oxygens (including phenoxy) is 2. The largest absolute Gasteiger partial charge is 0.454 e. The highest BCUT2D eigenvalue weighted by molar-refractivity contribution is 7.92. The number of anilines is 1. The van der Waals surface area contributed by atoms with Gasteiger partial charge in [-0.3, -0.25) is 9.52 Å². The van der Waals surface area contributed by atoms with Gasteiger partial charge in [0.15, 0.2) is 17.8 Å². The fraction of sp³-hybridized carbons (Fsp3) is 0.133. The average molecular weight is 319 g/mol. The third-order valence-corrected chi connectivity index (χ3v) is 4.63. The van der Waals surface area contributed by atoms with E-state index in [-0.39, 0.29) is 22.9 Å². The highest BCUT2D eigenvalue weighted by Crippen LogP contribution is 2.37. The molecule has 2 aromatic carbocycles. The minimum atomic E-state index is -3.79. The summed E-state index contributed by atoms with van der Waals surface area (Å²) < 4.78 is 37.5. The number of hydrogen-bond donors (Lipinski definition) is 1. The van der Waals surface area contributed by atoms with Crippen molar-refractivity contribution in [2.45, 2.75) is 11.8 Å². The van der Waals surface area contributed by atoms with Crippen molar-refractivity contribution in [2.75, 3.05) is 11.5 Å². The molecule has 0 radical (unpaired) electrons. The molecule has 114 valence electrons. The molecule has 0 bridgehead atoms. The lowest BCUT2D eigenvalue weighted by Gasteiger charge is -2.11. The SMILES string of the molecule is Cc1ccc(S(=O)(=O)Nc2cc3c(cc2C=O)OCO3)cc1. The molecular weight excluding hydrogens is 306 g/mol. The van der Waals surface area contributed by atoms with E-state index in [9.17, 15) is 13.2 Å². The van der Waals surface area contributed by atoms with Gasteiger partial charge in [-0.1, -0.05) is 17.7 Å². The molecule has 6 nitrogen and oxygen atoms in total. The van der Waals surface area contributed by atoms with Crippen LogP contribution in [0, 0.1) is 6.92 Å². The molecule has 7 heteroatoms. The monoisotopic (exact) mass is 319 g/mol. The number of carbonyl (C=O) groups excluding carboxylic acids is 1. The molecule has 2 aromatic rings. The minimum absolute atomic E-state index is 0.0434. The number of nitrogens with one attached hydrogen (secondary N) is 1. The Morgan fingerprint density at radius 2 is 1.73 bits per heavy atom. The van der Waals surface area contributed by atoms with Crippen molar-refractivity contribution in [3.63, 3.8) is 0 Å². The Bertz CT molecular complexity index is 828. The van der Waals surface area contributed by atoms with Crippen LogP contribution in [0.25, 0.3) is 0 Å². The highest BCUT2D eigenvalue weighted by Gasteiger charge is 2.21. The molecule has 0 atom stereocenters. The molecule has 0 aromatic heterocycles. The standard InChI is InChI=1S/C15H13NO5S/c1-10-2-4-12(5-3-10)22(18,19)16-13-7-15-14(20-9-21-15)6-11(13)8-17/h2-8,16H,9H2,1H3. The predicted octanol–water partition coefficient (Wildman–Crippen LogP) is 2.34. The summed E-state index contributed by atoms with van der Waals surface area (Å²) in [6.07, 6.45) is 0.564. The van der Waals surface area contributed by atoms with Gasteiger partial charge in [0.1, 0.15) is 0 Å². The topological polar surface area (TPSA) is 81.7 Å². The maximum absolute atomic E-state index is 12.4. The van der Waals surface area contributed by atoms with Gasteiger partial charge >= 0.3 is 0 Å². The molecular formula is C15H13NO5S. The number of sulfonamides is 1. The molecule has 0 amide bonds. The van der Waals surface area contributed by atoms with E-state index >= 15 is 0 Å². The van der Waals surface area contributed by atoms with Crippen LogP contribution in [0.4, 0.5) is 5.69 Å². The molecule has 1 N–H and O–H groups in total. The van der Waals surface area contributed by atoms with E-state index in [0.717, 1.165) is 5.56 Å². The van der Waals surface area contributed by atoms with Crippen LogP contribution in [0.5, 0.6) is 11.5 Å². The van der Waals surface area contributed by atoms with Crippen LogP contribution in [0.15, 0.2) is 41.3 Å². The number of benzene rings is 2. The van der Waals surface area contributed by atoms with Crippen molar-refractivity contribution in [3.05, 3.63) is 47.5 Å². The first-order valence-electron chi connectivity index (χ1n) is 6.48. The van der Waals surface area contributed by atoms with Crippen LogP contribution in [0.2, 0.25) is 0 Å². The summed E-state index contributed by atoms with van der Waals surface area (Å²) >= 11 is 0. The van der Waals surface area contributed by atoms with Crippen molar-refractivity contribution in [3.8, 4) is 11.5 Å². The number of rotatable bonds is 4. The molecule has 1 aliphatic heterocycles. The van der Waals surface area contributed by atoms with Crippen molar-refractivity contribution >= 4 is 22.0 Å². The zero-order chi connectivity index (χ0) is 15.7. The molecule has 0 aliphatic carbocycles. The second-order valence-corrected chi connectivity index (χ2v) is 6.51. The van der Waals surface area contributed by atoms with E-state index in [0.29, 0.717) is 17.8 Å². The summed E-state index contributed by atoms with van der Waals surface area (Å²) in [6.45, 7) is 1.91. The second-order valence-electron chi connectivity index (χ2n) is 4.83. The zero-order valence-corrected chi connectivity index (χ0v) is 12.5. The number of fused-ring (bicyclic) bond motifs is 1. The van der Waals surface area contributed by atoms with Gasteiger partial charge in [0, 0.05) is 11.6 Å². The van der Waals surface area contributed by atoms with Gasteiger partial charge in [-0.2, -0.15) is 0 Å². The number of aldehydes is 1. The van der Waals surface area contributed by atoms with E-state index in [4.69, 9.17) is 9.47 Å². The van der Waals surface area contributed by atoms with Crippen LogP contribution in [0.1, 0.15) is 15.9 Å². The first kappa shape index (κ1) is 14.4. The first-order chi connectivity index (χ1) is 10.5. The van der Waals surface area contributed by atoms with Crippen molar-refractivity contribution in [1.82, 2.24) is 0 Å². The normalized spacial score (nSPS) is 13.0. The minimum Gasteiger partial charge on any atom is -0.454 e. The Kier molecular flexibility index (Phi) is 3.50. The lowest BCUT2D eigenvalue weighted by molar-refractivity contribution is 0.112. The molecule has 0 saturated heterocycles. The Balaban J connectivity index is 1.98. The van der Waals surface area contributed by atoms with Crippen LogP contribution in [0.3, 0.4) is 0 Å². The van der Waals surface area contributed by atoms with Crippen molar-refractivity contribution < 1.29 is 22.7 Å². The van der Waals surface area contributed by atoms with E-state index in [1.54, 1.807) is 12.1 Å². The summed E-state index contributed by atoms with van der Waals surface area (Å²) in [6, 6.07) is 9.31. The van der Waals surface area contributed by atoms with Gasteiger partial charge in [-0.25, -0.2) is 8.42 Å². The maximum Gasteiger partial charge on any atom is 0.261 e. The Hall–Kier alpha value is -2.54. The molecule has 0 saturated carbocycles. The van der Waals surface area contributed by atoms with Gasteiger partial charge in [0.2, 0.25) is 6.79 Å². The first-order valence-corrected chi connectivity index (χ1v) is 7.96. The summed E-state index contributed by atoms with van der Waals surface area (Å²) in [7, 11) is -3.79. The summed E-state index contributed by atoms with van der Waals surface area (Å²) in [5, 5.41) is 0. The molecule has 1 heterocycles. The van der Waals surface area contributed by atoms with Gasteiger partial charge in [0.05, 0.1) is 10.6 Å². The quantitative estimate of drug-likeness (QED) is 0.875. The zero-order valence-electron chi connectivity index (χ0n) is 11.7. The van der Waals surface area contributed by atoms with Gasteiger partial charge < -0.3 is 9.47 Å². The lowest BCUT2D eigenvalue weighted by Crippen LogP contribution is -2.14. The summed E-state index contributed by atoms with van der Waals surface area (Å²) in [5.74, 6) is 0.813. The summed E-state index contributed by atoms with van der Waals surface area (Å²) in [5.41, 5.74) is 1.29. The maximum atomic E-state index is 12.4. The number of aryl methyl sites for hydroxylation is 1. The number of carbonyl (C=O) groups is 1. The van der Waals surface area contributed by atoms with Crippen LogP contribution in [-0.2, 0) is 10.0 Å². The van der Waals surface area contributed by atoms with Gasteiger partial charge in [0.25, 0.3) is 10.0 Å². The lowest BCUT2D eigenvalue weighted by atomic mass is 10.2. The Morgan fingerprint density at radius 1 is 1.09 bits per heavy atom. The fourth-order valence-corrected chi connectivity index (χ4v) is 3.14. The molecule has 22 heavy (non-hydrogen) atoms. The van der Waals surface area contributed by atoms with Crippen LogP contribution in [-0.4, -0.2) is 21.5 Å². The molecule has 3 rings (SSSR count). The van der Waals surface area contributed by atoms with E-state index in [1.807, 2.05) is 6.92 Å². The van der Waals surface area contributed by atoms with E-state index in [2.05, 4.69) is 4.72 Å². The third kappa shape index (κ3) is 2.62. The van der Waals surface area contributed by atoms with Gasteiger partial charge in [-0.15, -0.1) is 0 Å². The molecule has 0 spiro atoms. The van der Waals surface area contributed by atoms with Gasteiger partial charge in [-0.05, 0) is 25.1 Å². The van der Waals surface area contributed by atoms with E-state index < -0.39 is 10.0 Å². The highest BCUT2D eigenvalue weighted by atomic mass is 32.2. The Morgan fingerprint density at radius 3 is 2.36 bits per heavy atom. The predicted molar refractivity (Wildman–Crippen MR) is 79.9 cm³/mol. The Labute approximate surface area is 127 Å². The average Bonchev–Trinajstić information content (AvgIpc) is 2.93. The molecule has 0 unspecified atom stereocenters. The van der Waals surface area contributed by atoms with Crippen LogP contribution < -0.4 is 14.2 Å². The van der Waals surface area contributed by atoms with Crippen LogP contribution >= 0.6 is 0 Å². The smallest absolute Gasteiger partial charge is 0.261 e. The van der Waals surface area contributed by atoms with Crippen molar-refractivity contribution in [1.29, 1.82) is 0 Å². The van der Waals surface area contributed by atoms with E-state index in [1.165, 1.54) is 24.3 Å². The second kappa shape index (κ2) is 5.34. The third-order valence-electron chi connectivity index (χ3n) is 3.25. The fourth-order valence-electron chi connectivity index (χ4n) is 2.06. The van der Waals surface area contributed by atoms with Crippen molar-refractivity contribution in [2.24, 2.45) is 0 Å². The number of hydrogen-bond acceptors (Lipinski definition) is 5. The molecule has 1 aliphatic rings. The summed E-state index contributed by atoms with van der Waals surface area (Å²) in [4.78, 5) is 11.3.